The number of esters is 1. The molecule has 8 atom stereocenters. The molecule has 0 radical (unpaired) electrons. The number of methoxy groups -OCH3 is 1. The van der Waals surface area contributed by atoms with Gasteiger partial charge < -0.3 is 18.3 Å². The van der Waals surface area contributed by atoms with Crippen LogP contribution in [0.2, 0.25) is 0 Å². The Morgan fingerprint density at radius 3 is 2.56 bits per heavy atom. The first-order valence-electron chi connectivity index (χ1n) is 11.4. The number of rotatable bonds is 15. The second-order valence-electron chi connectivity index (χ2n) is 8.46. The summed E-state index contributed by atoms with van der Waals surface area (Å²) in [6.45, 7) is 2.18. The molecule has 1 aliphatic carbocycles. The van der Waals surface area contributed by atoms with Crippen LogP contribution in [0.25, 0.3) is 0 Å². The average molecular weight is 521 g/mol. The number of hydrogen-bond donors (Lipinski definition) is 0. The molecule has 5 nitrogen and oxygen atoms in total. The van der Waals surface area contributed by atoms with Crippen LogP contribution in [0.5, 0.6) is 0 Å². The van der Waals surface area contributed by atoms with E-state index in [1.165, 1.54) is 17.6 Å². The first kappa shape index (κ1) is 28.3. The number of hydrogen-bond acceptors (Lipinski definition) is 6. The van der Waals surface area contributed by atoms with Crippen molar-refractivity contribution in [3.05, 3.63) is 34.0 Å². The van der Waals surface area contributed by atoms with Gasteiger partial charge in [-0.05, 0) is 55.5 Å². The molecule has 182 valence electrons. The summed E-state index contributed by atoms with van der Waals surface area (Å²) >= 11 is 1.80. The number of carbonyl (C=O) groups is 1. The summed E-state index contributed by atoms with van der Waals surface area (Å²) < 4.78 is 21.9. The molecule has 1 aromatic rings. The van der Waals surface area contributed by atoms with Crippen molar-refractivity contribution < 1.29 is 23.1 Å². The van der Waals surface area contributed by atoms with Gasteiger partial charge in [-0.1, -0.05) is 31.4 Å². The summed E-state index contributed by atoms with van der Waals surface area (Å²) in [6, 6.07) is 2.21. The number of ether oxygens (including phenoxy) is 1. The second-order valence-corrected chi connectivity index (χ2v) is 10.4. The van der Waals surface area contributed by atoms with Gasteiger partial charge in [-0.15, -0.1) is 11.3 Å². The molecule has 2 rings (SSSR count). The molecule has 0 spiro atoms. The van der Waals surface area contributed by atoms with Crippen molar-refractivity contribution in [2.24, 2.45) is 11.8 Å². The molecule has 0 N–H and O–H groups in total. The summed E-state index contributed by atoms with van der Waals surface area (Å²) in [4.78, 5) is 12.6. The predicted octanol–water partition coefficient (Wildman–Crippen LogP) is 6.22. The highest BCUT2D eigenvalue weighted by atomic mass is 32.1. The summed E-state index contributed by atoms with van der Waals surface area (Å²) in [5.41, 5.74) is 1.41. The molecule has 1 aromatic heterocycles. The molecule has 1 saturated carbocycles. The Morgan fingerprint density at radius 2 is 1.94 bits per heavy atom. The highest BCUT2D eigenvalue weighted by Crippen LogP contribution is 2.42. The highest BCUT2D eigenvalue weighted by Gasteiger charge is 2.42. The van der Waals surface area contributed by atoms with Gasteiger partial charge >= 0.3 is 5.97 Å². The Balaban J connectivity index is 1.90. The lowest BCUT2D eigenvalue weighted by Gasteiger charge is -2.24. The van der Waals surface area contributed by atoms with E-state index in [4.69, 9.17) is 18.3 Å². The fourth-order valence-corrected chi connectivity index (χ4v) is 6.16. The SMILES string of the molecule is COC(=O)CCCCCCC1C(OP)CC(OP)C1/C=C/C(CCc1ccsc1C)OP. The quantitative estimate of drug-likeness (QED) is 0.119. The lowest BCUT2D eigenvalue weighted by Crippen LogP contribution is -2.21. The normalized spacial score (nSPS) is 24.3. The van der Waals surface area contributed by atoms with E-state index in [1.54, 1.807) is 11.3 Å². The Morgan fingerprint density at radius 1 is 1.19 bits per heavy atom. The Bertz CT molecular complexity index is 699. The van der Waals surface area contributed by atoms with E-state index in [0.29, 0.717) is 18.3 Å². The van der Waals surface area contributed by atoms with Crippen LogP contribution in [0.15, 0.2) is 23.6 Å². The molecule has 1 fully saturated rings. The van der Waals surface area contributed by atoms with Crippen LogP contribution in [0, 0.1) is 18.8 Å². The first-order valence-corrected chi connectivity index (χ1v) is 13.7. The molecule has 1 aliphatic rings. The fraction of sp³-hybridized carbons (Fsp3) is 0.696. The second kappa shape index (κ2) is 15.9. The Labute approximate surface area is 204 Å². The van der Waals surface area contributed by atoms with Gasteiger partial charge in [-0.2, -0.15) is 0 Å². The molecule has 9 heteroatoms. The summed E-state index contributed by atoms with van der Waals surface area (Å²) in [5, 5.41) is 2.15. The maximum Gasteiger partial charge on any atom is 0.305 e. The van der Waals surface area contributed by atoms with E-state index in [9.17, 15) is 4.79 Å². The largest absolute Gasteiger partial charge is 0.469 e. The van der Waals surface area contributed by atoms with Crippen LogP contribution >= 0.6 is 39.7 Å². The van der Waals surface area contributed by atoms with E-state index in [1.807, 2.05) is 0 Å². The summed E-state index contributed by atoms with van der Waals surface area (Å²) in [5.74, 6) is 0.570. The fourth-order valence-electron chi connectivity index (χ4n) is 4.57. The van der Waals surface area contributed by atoms with E-state index < -0.39 is 0 Å². The number of thiophene rings is 1. The van der Waals surface area contributed by atoms with Gasteiger partial charge in [0.1, 0.15) is 0 Å². The third-order valence-electron chi connectivity index (χ3n) is 6.50. The molecule has 0 saturated heterocycles. The van der Waals surface area contributed by atoms with Crippen molar-refractivity contribution in [1.82, 2.24) is 0 Å². The molecule has 0 aliphatic heterocycles. The van der Waals surface area contributed by atoms with Crippen LogP contribution < -0.4 is 0 Å². The van der Waals surface area contributed by atoms with E-state index in [-0.39, 0.29) is 24.3 Å². The van der Waals surface area contributed by atoms with E-state index in [2.05, 4.69) is 58.9 Å². The van der Waals surface area contributed by atoms with Gasteiger partial charge in [-0.3, -0.25) is 4.79 Å². The van der Waals surface area contributed by atoms with Crippen molar-refractivity contribution in [1.29, 1.82) is 0 Å². The predicted molar refractivity (Wildman–Crippen MR) is 142 cm³/mol. The van der Waals surface area contributed by atoms with Crippen LogP contribution in [-0.4, -0.2) is 31.4 Å². The lowest BCUT2D eigenvalue weighted by atomic mass is 9.87. The van der Waals surface area contributed by atoms with Gasteiger partial charge in [0, 0.05) is 52.0 Å². The number of unbranched alkanes of at least 4 members (excludes halogenated alkanes) is 3. The van der Waals surface area contributed by atoms with Crippen molar-refractivity contribution >= 4 is 45.7 Å². The molecular formula is C23H39O5P3S. The minimum absolute atomic E-state index is 0.0550. The van der Waals surface area contributed by atoms with Crippen molar-refractivity contribution in [2.45, 2.75) is 83.0 Å². The van der Waals surface area contributed by atoms with Crippen LogP contribution in [0.1, 0.15) is 61.8 Å². The smallest absolute Gasteiger partial charge is 0.305 e. The highest BCUT2D eigenvalue weighted by molar-refractivity contribution is 7.10. The minimum atomic E-state index is -0.122. The molecule has 8 unspecified atom stereocenters. The topological polar surface area (TPSA) is 54.0 Å². The maximum absolute atomic E-state index is 11.3. The van der Waals surface area contributed by atoms with Gasteiger partial charge in [0.05, 0.1) is 25.4 Å². The molecular weight excluding hydrogens is 481 g/mol. The van der Waals surface area contributed by atoms with Crippen LogP contribution in [-0.2, 0) is 29.5 Å². The zero-order valence-corrected chi connectivity index (χ0v) is 23.5. The van der Waals surface area contributed by atoms with Gasteiger partial charge in [0.15, 0.2) is 0 Å². The molecule has 32 heavy (non-hydrogen) atoms. The van der Waals surface area contributed by atoms with Crippen molar-refractivity contribution in [3.8, 4) is 0 Å². The lowest BCUT2D eigenvalue weighted by molar-refractivity contribution is -0.140. The molecule has 1 heterocycles. The minimum Gasteiger partial charge on any atom is -0.469 e. The Kier molecular flexibility index (Phi) is 14.1. The van der Waals surface area contributed by atoms with Crippen LogP contribution in [0.3, 0.4) is 0 Å². The van der Waals surface area contributed by atoms with Crippen molar-refractivity contribution in [2.75, 3.05) is 7.11 Å². The Hall–Kier alpha value is 0.0800. The standard InChI is InChI=1S/C23H39O5P3S/c1-16-17(13-14-32-16)9-10-18(26-29)11-12-20-19(21(27-30)15-22(20)28-31)7-5-3-4-6-8-23(24)25-2/h11-14,18-22H,3-10,15,29-31H2,1-2H3/b12-11+. The summed E-state index contributed by atoms with van der Waals surface area (Å²) in [6.07, 6.45) is 13.4. The molecule has 0 aromatic carbocycles. The zero-order valence-electron chi connectivity index (χ0n) is 19.2. The maximum atomic E-state index is 11.3. The van der Waals surface area contributed by atoms with Crippen LogP contribution in [0.4, 0.5) is 0 Å². The number of aryl methyl sites for hydroxylation is 2. The first-order chi connectivity index (χ1) is 15.5. The van der Waals surface area contributed by atoms with Gasteiger partial charge in [0.25, 0.3) is 0 Å². The molecule has 0 bridgehead atoms. The number of carbonyl (C=O) groups excluding carboxylic acids is 1. The van der Waals surface area contributed by atoms with Gasteiger partial charge in [0.2, 0.25) is 0 Å². The molecule has 0 amide bonds. The van der Waals surface area contributed by atoms with Gasteiger partial charge in [-0.25, -0.2) is 0 Å². The van der Waals surface area contributed by atoms with E-state index in [0.717, 1.165) is 51.4 Å². The third kappa shape index (κ3) is 9.03. The zero-order chi connectivity index (χ0) is 23.3. The average Bonchev–Trinajstić information content (AvgIpc) is 3.38. The monoisotopic (exact) mass is 520 g/mol. The summed E-state index contributed by atoms with van der Waals surface area (Å²) in [7, 11) is 8.74. The third-order valence-corrected chi connectivity index (χ3v) is 8.44. The van der Waals surface area contributed by atoms with E-state index >= 15 is 0 Å². The van der Waals surface area contributed by atoms with Crippen molar-refractivity contribution in [3.63, 3.8) is 0 Å².